The fourth-order valence-electron chi connectivity index (χ4n) is 3.90. The third-order valence-electron chi connectivity index (χ3n) is 6.32. The van der Waals surface area contributed by atoms with E-state index >= 15 is 0 Å². The molecule has 0 radical (unpaired) electrons. The minimum Gasteiger partial charge on any atom is -0.347 e. The molecule has 2 aromatic rings. The molecule has 1 aromatic heterocycles. The second kappa shape index (κ2) is 11.4. The van der Waals surface area contributed by atoms with Crippen LogP contribution < -0.4 is 10.6 Å². The predicted molar refractivity (Wildman–Crippen MR) is 138 cm³/mol. The Hall–Kier alpha value is -2.79. The van der Waals surface area contributed by atoms with Crippen molar-refractivity contribution in [2.45, 2.75) is 79.1 Å². The predicted octanol–water partition coefficient (Wildman–Crippen LogP) is 5.51. The van der Waals surface area contributed by atoms with E-state index in [9.17, 15) is 4.79 Å². The van der Waals surface area contributed by atoms with Gasteiger partial charge in [-0.15, -0.1) is 0 Å². The summed E-state index contributed by atoms with van der Waals surface area (Å²) < 4.78 is 8.24. The van der Waals surface area contributed by atoms with Crippen molar-refractivity contribution in [3.8, 4) is 0 Å². The maximum Gasteiger partial charge on any atom is 0.191 e. The summed E-state index contributed by atoms with van der Waals surface area (Å²) in [7, 11) is 0. The van der Waals surface area contributed by atoms with Crippen LogP contribution in [0.1, 0.15) is 81.9 Å². The largest absolute Gasteiger partial charge is 0.347 e. The number of aryl methyl sites for hydroxylation is 1. The van der Waals surface area contributed by atoms with E-state index in [-0.39, 0.29) is 12.0 Å². The monoisotopic (exact) mass is 447 g/mol. The van der Waals surface area contributed by atoms with Gasteiger partial charge in [-0.2, -0.15) is 0 Å². The molecule has 1 aromatic carbocycles. The number of carbonyl (C=O) groups excluding carboxylic acids is 1. The van der Waals surface area contributed by atoms with Crippen LogP contribution in [-0.2, 0) is 4.74 Å². The first kappa shape index (κ1) is 24.8. The number of hydrogen-bond acceptors (Lipinski definition) is 4. The third kappa shape index (κ3) is 5.97. The van der Waals surface area contributed by atoms with Crippen molar-refractivity contribution < 1.29 is 9.53 Å². The van der Waals surface area contributed by atoms with Crippen LogP contribution in [-0.4, -0.2) is 28.9 Å². The normalized spacial score (nSPS) is 20.6. The first-order valence-corrected chi connectivity index (χ1v) is 12.1. The molecule has 33 heavy (non-hydrogen) atoms. The molecular weight excluding hydrogens is 410 g/mol. The van der Waals surface area contributed by atoms with Crippen LogP contribution in [0.2, 0.25) is 0 Å². The summed E-state index contributed by atoms with van der Waals surface area (Å²) in [5.41, 5.74) is 3.51. The molecule has 0 bridgehead atoms. The second-order valence-corrected chi connectivity index (χ2v) is 8.96. The number of Topliss-reactive ketones (excluding diaryl/α,β-unsaturated/α-hetero) is 1. The molecule has 176 valence electrons. The molecule has 3 unspecified atom stereocenters. The van der Waals surface area contributed by atoms with Crippen LogP contribution in [0.5, 0.6) is 0 Å². The van der Waals surface area contributed by atoms with Crippen LogP contribution in [0.4, 0.5) is 5.69 Å². The minimum absolute atomic E-state index is 0.0161. The fraction of sp³-hybridized carbons (Fsp3) is 0.464. The third-order valence-corrected chi connectivity index (χ3v) is 6.32. The summed E-state index contributed by atoms with van der Waals surface area (Å²) >= 11 is 0. The molecular formula is C28H37N3O2. The number of hydrogen-bond donors (Lipinski definition) is 0. The maximum atomic E-state index is 13.2. The summed E-state index contributed by atoms with van der Waals surface area (Å²) in [6.07, 6.45) is 9.79. The Morgan fingerprint density at radius 3 is 2.82 bits per heavy atom. The number of rotatable bonds is 9. The van der Waals surface area contributed by atoms with Gasteiger partial charge in [0.05, 0.1) is 5.69 Å². The summed E-state index contributed by atoms with van der Waals surface area (Å²) in [4.78, 5) is 22.4. The van der Waals surface area contributed by atoms with Crippen molar-refractivity contribution in [1.29, 1.82) is 0 Å². The van der Waals surface area contributed by atoms with Gasteiger partial charge in [0.1, 0.15) is 12.3 Å². The standard InChI is InChI=1S/C28H37N3O2/c1-7-9-15-29-21(5)24-14-16-31(22(24)6)27-13-12-26(33-27)28(32)23-11-10-20(4)25(17-23)30-18-19(3)8-2/h10-11,14-19,26-27H,6-9,12-13H2,1-5H3/b24-21-,29-15?,30-18?. The summed E-state index contributed by atoms with van der Waals surface area (Å²) in [5.74, 6) is 0.423. The second-order valence-electron chi connectivity index (χ2n) is 8.96. The van der Waals surface area contributed by atoms with Gasteiger partial charge in [0.15, 0.2) is 5.78 Å². The van der Waals surface area contributed by atoms with Crippen molar-refractivity contribution in [2.24, 2.45) is 15.9 Å². The molecule has 1 fully saturated rings. The summed E-state index contributed by atoms with van der Waals surface area (Å²) in [5, 5.41) is 1.89. The molecule has 0 amide bonds. The molecule has 0 N–H and O–H groups in total. The van der Waals surface area contributed by atoms with Crippen LogP contribution in [0.15, 0.2) is 40.4 Å². The smallest absolute Gasteiger partial charge is 0.191 e. The van der Waals surface area contributed by atoms with Crippen molar-refractivity contribution in [2.75, 3.05) is 0 Å². The first-order valence-electron chi connectivity index (χ1n) is 12.1. The van der Waals surface area contributed by atoms with E-state index in [0.717, 1.165) is 53.2 Å². The number of ketones is 1. The minimum atomic E-state index is -0.456. The average Bonchev–Trinajstić information content (AvgIpc) is 3.44. The SMILES string of the molecule is C=c1/c(=C(/C)N=CCCC)ccn1C1CCC(C(=O)c2ccc(C)c(N=CC(C)CC)c2)O1. The van der Waals surface area contributed by atoms with Gasteiger partial charge in [-0.25, -0.2) is 0 Å². The molecule has 5 nitrogen and oxygen atoms in total. The van der Waals surface area contributed by atoms with Gasteiger partial charge < -0.3 is 9.30 Å². The van der Waals surface area contributed by atoms with Crippen LogP contribution in [0.3, 0.4) is 0 Å². The number of ether oxygens (including phenoxy) is 1. The zero-order valence-corrected chi connectivity index (χ0v) is 20.7. The van der Waals surface area contributed by atoms with Gasteiger partial charge in [-0.3, -0.25) is 14.8 Å². The zero-order valence-electron chi connectivity index (χ0n) is 20.7. The van der Waals surface area contributed by atoms with E-state index in [1.165, 1.54) is 0 Å². The highest BCUT2D eigenvalue weighted by Crippen LogP contribution is 2.30. The molecule has 0 saturated carbocycles. The van der Waals surface area contributed by atoms with Crippen molar-refractivity contribution in [3.05, 3.63) is 52.2 Å². The lowest BCUT2D eigenvalue weighted by molar-refractivity contribution is 0.00617. The Labute approximate surface area is 197 Å². The van der Waals surface area contributed by atoms with Gasteiger partial charge in [0.25, 0.3) is 0 Å². The Bertz CT molecular complexity index is 1140. The van der Waals surface area contributed by atoms with Crippen LogP contribution >= 0.6 is 0 Å². The molecule has 5 heteroatoms. The number of aromatic nitrogens is 1. The van der Waals surface area contributed by atoms with Crippen molar-refractivity contribution in [1.82, 2.24) is 4.57 Å². The van der Waals surface area contributed by atoms with Gasteiger partial charge in [0.2, 0.25) is 0 Å². The number of aliphatic imine (C=N–C) groups is 2. The van der Waals surface area contributed by atoms with Crippen LogP contribution in [0, 0.1) is 12.8 Å². The number of carbonyl (C=O) groups is 1. The summed E-state index contributed by atoms with van der Waals surface area (Å²) in [6, 6.07) is 7.76. The fourth-order valence-corrected chi connectivity index (χ4v) is 3.90. The lowest BCUT2D eigenvalue weighted by atomic mass is 10.0. The van der Waals surface area contributed by atoms with Crippen LogP contribution in [0.25, 0.3) is 12.3 Å². The van der Waals surface area contributed by atoms with Gasteiger partial charge in [0, 0.05) is 40.5 Å². The summed E-state index contributed by atoms with van der Waals surface area (Å²) in [6.45, 7) is 14.7. The van der Waals surface area contributed by atoms with E-state index in [4.69, 9.17) is 4.74 Å². The Balaban J connectivity index is 1.76. The van der Waals surface area contributed by atoms with E-state index in [2.05, 4.69) is 37.3 Å². The van der Waals surface area contributed by atoms with E-state index in [1.807, 2.05) is 61.3 Å². The first-order chi connectivity index (χ1) is 15.8. The highest BCUT2D eigenvalue weighted by molar-refractivity contribution is 6.00. The highest BCUT2D eigenvalue weighted by atomic mass is 16.5. The van der Waals surface area contributed by atoms with Crippen molar-refractivity contribution >= 4 is 36.2 Å². The van der Waals surface area contributed by atoms with E-state index < -0.39 is 6.10 Å². The lowest BCUT2D eigenvalue weighted by Gasteiger charge is -2.15. The Kier molecular flexibility index (Phi) is 8.56. The Morgan fingerprint density at radius 2 is 2.09 bits per heavy atom. The molecule has 0 spiro atoms. The number of nitrogens with zero attached hydrogens (tertiary/aromatic N) is 3. The molecule has 2 heterocycles. The van der Waals surface area contributed by atoms with Gasteiger partial charge >= 0.3 is 0 Å². The molecule has 3 rings (SSSR count). The molecule has 1 aliphatic heterocycles. The Morgan fingerprint density at radius 1 is 1.30 bits per heavy atom. The highest BCUT2D eigenvalue weighted by Gasteiger charge is 2.32. The molecule has 0 aliphatic carbocycles. The average molecular weight is 448 g/mol. The topological polar surface area (TPSA) is 56.0 Å². The van der Waals surface area contributed by atoms with Gasteiger partial charge in [-0.05, 0) is 63.1 Å². The number of benzene rings is 1. The van der Waals surface area contributed by atoms with Gasteiger partial charge in [-0.1, -0.05) is 45.9 Å². The number of unbranched alkanes of at least 4 members (excludes halogenated alkanes) is 1. The maximum absolute atomic E-state index is 13.2. The molecule has 3 atom stereocenters. The van der Waals surface area contributed by atoms with Crippen molar-refractivity contribution in [3.63, 3.8) is 0 Å². The quantitative estimate of drug-likeness (QED) is 0.376. The lowest BCUT2D eigenvalue weighted by Crippen LogP contribution is -2.31. The molecule has 1 aliphatic rings. The zero-order chi connectivity index (χ0) is 24.0. The van der Waals surface area contributed by atoms with E-state index in [0.29, 0.717) is 17.9 Å². The molecule has 1 saturated heterocycles. The van der Waals surface area contributed by atoms with E-state index in [1.54, 1.807) is 0 Å².